The molecule has 0 atom stereocenters. The number of anilines is 1. The Bertz CT molecular complexity index is 783. The van der Waals surface area contributed by atoms with Crippen LogP contribution < -0.4 is 20.8 Å². The molecule has 2 aromatic rings. The van der Waals surface area contributed by atoms with Crippen LogP contribution in [0.2, 0.25) is 0 Å². The zero-order valence-electron chi connectivity index (χ0n) is 17.1. The van der Waals surface area contributed by atoms with Crippen molar-refractivity contribution in [2.75, 3.05) is 18.9 Å². The van der Waals surface area contributed by atoms with E-state index >= 15 is 0 Å². The van der Waals surface area contributed by atoms with Crippen LogP contribution in [-0.4, -0.2) is 17.8 Å². The predicted octanol–water partition coefficient (Wildman–Crippen LogP) is 5.04. The van der Waals surface area contributed by atoms with Gasteiger partial charge in [0.15, 0.2) is 5.75 Å². The van der Waals surface area contributed by atoms with Gasteiger partial charge < -0.3 is 19.8 Å². The lowest BCUT2D eigenvalue weighted by atomic mass is 10.1. The number of nitrogens with two attached hydrogens (primary N) is 1. The molecule has 0 amide bonds. The van der Waals surface area contributed by atoms with Crippen molar-refractivity contribution in [1.82, 2.24) is 4.57 Å². The summed E-state index contributed by atoms with van der Waals surface area (Å²) >= 11 is 0. The number of unbranched alkanes of at least 4 members (excludes halogenated alkanes) is 6. The Labute approximate surface area is 162 Å². The van der Waals surface area contributed by atoms with E-state index in [2.05, 4.69) is 13.8 Å². The topological polar surface area (TPSA) is 66.5 Å². The number of nitrogen functional groups attached to an aromatic ring is 1. The van der Waals surface area contributed by atoms with Crippen molar-refractivity contribution in [2.24, 2.45) is 7.05 Å². The summed E-state index contributed by atoms with van der Waals surface area (Å²) < 4.78 is 13.6. The molecule has 5 nitrogen and oxygen atoms in total. The minimum Gasteiger partial charge on any atom is -0.489 e. The Morgan fingerprint density at radius 3 is 2.07 bits per heavy atom. The number of nitrogens with zero attached hydrogens (tertiary/aromatic N) is 1. The number of hydrogen-bond donors (Lipinski definition) is 1. The average molecular weight is 375 g/mol. The summed E-state index contributed by atoms with van der Waals surface area (Å²) in [7, 11) is 1.75. The van der Waals surface area contributed by atoms with Crippen molar-refractivity contribution in [1.29, 1.82) is 0 Å². The van der Waals surface area contributed by atoms with Crippen molar-refractivity contribution in [3.63, 3.8) is 0 Å². The van der Waals surface area contributed by atoms with Gasteiger partial charge in [-0.2, -0.15) is 0 Å². The first kappa shape index (κ1) is 21.1. The lowest BCUT2D eigenvalue weighted by Crippen LogP contribution is -2.21. The highest BCUT2D eigenvalue weighted by atomic mass is 16.5. The van der Waals surface area contributed by atoms with E-state index in [0.29, 0.717) is 30.4 Å². The number of fused-ring (bicyclic) bond motifs is 1. The highest BCUT2D eigenvalue weighted by Gasteiger charge is 2.18. The Morgan fingerprint density at radius 2 is 1.48 bits per heavy atom. The molecule has 0 aliphatic carbocycles. The van der Waals surface area contributed by atoms with Crippen LogP contribution in [-0.2, 0) is 7.05 Å². The highest BCUT2D eigenvalue weighted by molar-refractivity contribution is 5.90. The largest absolute Gasteiger partial charge is 0.489 e. The number of benzene rings is 1. The maximum atomic E-state index is 12.9. The maximum absolute atomic E-state index is 12.9. The molecule has 1 heterocycles. The number of aryl methyl sites for hydroxylation is 1. The zero-order chi connectivity index (χ0) is 19.6. The first-order valence-corrected chi connectivity index (χ1v) is 10.3. The molecule has 0 fully saturated rings. The second-order valence-corrected chi connectivity index (χ2v) is 7.12. The van der Waals surface area contributed by atoms with E-state index in [1.54, 1.807) is 11.6 Å². The Balaban J connectivity index is 2.29. The van der Waals surface area contributed by atoms with Crippen LogP contribution >= 0.6 is 0 Å². The fourth-order valence-electron chi connectivity index (χ4n) is 3.18. The van der Waals surface area contributed by atoms with Gasteiger partial charge in [-0.25, -0.2) is 0 Å². The van der Waals surface area contributed by atoms with Gasteiger partial charge in [0, 0.05) is 18.1 Å². The molecule has 150 valence electrons. The van der Waals surface area contributed by atoms with E-state index in [-0.39, 0.29) is 5.56 Å². The fourth-order valence-corrected chi connectivity index (χ4v) is 3.18. The fraction of sp³-hybridized carbons (Fsp3) is 0.591. The third-order valence-corrected chi connectivity index (χ3v) is 4.82. The number of ether oxygens (including phenoxy) is 2. The standard InChI is InChI=1S/C22H34N2O3/c1-4-6-8-10-14-26-20-18-13-12-17(23)16-19(18)24(3)22(25)21(20)27-15-11-9-7-5-2/h12-13,16H,4-11,14-15,23H2,1-3H3. The molecule has 1 aromatic carbocycles. The van der Waals surface area contributed by atoms with E-state index in [9.17, 15) is 4.79 Å². The third-order valence-electron chi connectivity index (χ3n) is 4.82. The van der Waals surface area contributed by atoms with Gasteiger partial charge in [-0.3, -0.25) is 4.79 Å². The van der Waals surface area contributed by atoms with Crippen LogP contribution in [0.15, 0.2) is 23.0 Å². The van der Waals surface area contributed by atoms with Gasteiger partial charge in [-0.1, -0.05) is 52.4 Å². The summed E-state index contributed by atoms with van der Waals surface area (Å²) in [6.07, 6.45) is 8.86. The quantitative estimate of drug-likeness (QED) is 0.417. The summed E-state index contributed by atoms with van der Waals surface area (Å²) in [5.41, 5.74) is 7.14. The van der Waals surface area contributed by atoms with Crippen LogP contribution in [0.3, 0.4) is 0 Å². The molecule has 2 N–H and O–H groups in total. The number of aromatic nitrogens is 1. The van der Waals surface area contributed by atoms with E-state index < -0.39 is 0 Å². The van der Waals surface area contributed by atoms with Gasteiger partial charge in [0.25, 0.3) is 5.56 Å². The Kier molecular flexibility index (Phi) is 8.49. The number of pyridine rings is 1. The molecule has 27 heavy (non-hydrogen) atoms. The van der Waals surface area contributed by atoms with Gasteiger partial charge in [-0.15, -0.1) is 0 Å². The second-order valence-electron chi connectivity index (χ2n) is 7.12. The molecule has 5 heteroatoms. The van der Waals surface area contributed by atoms with Gasteiger partial charge in [-0.05, 0) is 31.0 Å². The highest BCUT2D eigenvalue weighted by Crippen LogP contribution is 2.34. The number of hydrogen-bond acceptors (Lipinski definition) is 4. The summed E-state index contributed by atoms with van der Waals surface area (Å²) in [4.78, 5) is 12.9. The summed E-state index contributed by atoms with van der Waals surface area (Å²) in [6, 6.07) is 5.56. The first-order chi connectivity index (χ1) is 13.1. The molecule has 0 saturated carbocycles. The van der Waals surface area contributed by atoms with E-state index in [4.69, 9.17) is 15.2 Å². The van der Waals surface area contributed by atoms with E-state index in [1.807, 2.05) is 18.2 Å². The van der Waals surface area contributed by atoms with Gasteiger partial charge in [0.1, 0.15) is 0 Å². The normalized spacial score (nSPS) is 11.1. The van der Waals surface area contributed by atoms with E-state index in [0.717, 1.165) is 36.6 Å². The van der Waals surface area contributed by atoms with Crippen molar-refractivity contribution < 1.29 is 9.47 Å². The molecule has 0 unspecified atom stereocenters. The predicted molar refractivity (Wildman–Crippen MR) is 113 cm³/mol. The lowest BCUT2D eigenvalue weighted by Gasteiger charge is -2.17. The van der Waals surface area contributed by atoms with E-state index in [1.165, 1.54) is 25.7 Å². The van der Waals surface area contributed by atoms with Crippen molar-refractivity contribution in [2.45, 2.75) is 65.2 Å². The average Bonchev–Trinajstić information content (AvgIpc) is 2.67. The van der Waals surface area contributed by atoms with Crippen LogP contribution in [0.4, 0.5) is 5.69 Å². The molecule has 0 radical (unpaired) electrons. The summed E-state index contributed by atoms with van der Waals surface area (Å²) in [5, 5.41) is 0.866. The molecule has 0 bridgehead atoms. The number of rotatable bonds is 12. The molecule has 0 aliphatic rings. The zero-order valence-corrected chi connectivity index (χ0v) is 17.1. The van der Waals surface area contributed by atoms with Crippen LogP contribution in [0.5, 0.6) is 11.5 Å². The van der Waals surface area contributed by atoms with Crippen molar-refractivity contribution >= 4 is 16.6 Å². The molecule has 0 saturated heterocycles. The summed E-state index contributed by atoms with van der Waals surface area (Å²) in [6.45, 7) is 5.47. The molecular weight excluding hydrogens is 340 g/mol. The maximum Gasteiger partial charge on any atom is 0.297 e. The van der Waals surface area contributed by atoms with Crippen molar-refractivity contribution in [3.8, 4) is 11.5 Å². The first-order valence-electron chi connectivity index (χ1n) is 10.3. The molecule has 2 rings (SSSR count). The molecular formula is C22H34N2O3. The Morgan fingerprint density at radius 1 is 0.889 bits per heavy atom. The third kappa shape index (κ3) is 5.65. The van der Waals surface area contributed by atoms with Crippen LogP contribution in [0, 0.1) is 0 Å². The van der Waals surface area contributed by atoms with Gasteiger partial charge in [0.2, 0.25) is 5.75 Å². The monoisotopic (exact) mass is 374 g/mol. The second kappa shape index (κ2) is 10.9. The minimum absolute atomic E-state index is 0.174. The minimum atomic E-state index is -0.174. The molecule has 0 aliphatic heterocycles. The summed E-state index contributed by atoms with van der Waals surface area (Å²) in [5.74, 6) is 0.877. The van der Waals surface area contributed by atoms with Crippen LogP contribution in [0.25, 0.3) is 10.9 Å². The van der Waals surface area contributed by atoms with Gasteiger partial charge >= 0.3 is 0 Å². The Hall–Kier alpha value is -2.17. The van der Waals surface area contributed by atoms with Gasteiger partial charge in [0.05, 0.1) is 18.7 Å². The molecule has 1 aromatic heterocycles. The smallest absolute Gasteiger partial charge is 0.297 e. The van der Waals surface area contributed by atoms with Crippen LogP contribution in [0.1, 0.15) is 65.2 Å². The SMILES string of the molecule is CCCCCCOc1c(OCCCCCC)c2ccc(N)cc2n(C)c1=O. The van der Waals surface area contributed by atoms with Crippen molar-refractivity contribution in [3.05, 3.63) is 28.6 Å². The molecule has 0 spiro atoms. The lowest BCUT2D eigenvalue weighted by molar-refractivity contribution is 0.257.